The van der Waals surface area contributed by atoms with Crippen LogP contribution in [0.3, 0.4) is 0 Å². The van der Waals surface area contributed by atoms with Crippen LogP contribution >= 0.6 is 0 Å². The second kappa shape index (κ2) is 17.2. The Balaban J connectivity index is 0.00000103. The molecular weight excluding hydrogens is 554 g/mol. The van der Waals surface area contributed by atoms with Crippen LogP contribution in [0.2, 0.25) is 0 Å². The number of rotatable bonds is 5. The van der Waals surface area contributed by atoms with Crippen LogP contribution in [0.25, 0.3) is 0 Å². The molecule has 0 aromatic heterocycles. The minimum atomic E-state index is -0.833. The summed E-state index contributed by atoms with van der Waals surface area (Å²) in [5, 5.41) is 27.0. The van der Waals surface area contributed by atoms with E-state index in [0.29, 0.717) is 37.1 Å². The molecule has 0 aliphatic carbocycles. The molecule has 1 saturated heterocycles. The Morgan fingerprint density at radius 1 is 1.02 bits per heavy atom. The van der Waals surface area contributed by atoms with Gasteiger partial charge in [0.2, 0.25) is 11.9 Å². The molecule has 3 N–H and O–H groups in total. The zero-order chi connectivity index (χ0) is 32.7. The topological polar surface area (TPSA) is 165 Å². The number of nitriles is 1. The van der Waals surface area contributed by atoms with E-state index < -0.39 is 11.9 Å². The molecule has 1 heterocycles. The Kier molecular flexibility index (Phi) is 14.5. The third kappa shape index (κ3) is 12.3. The van der Waals surface area contributed by atoms with Crippen molar-refractivity contribution >= 4 is 29.5 Å². The van der Waals surface area contributed by atoms with Gasteiger partial charge >= 0.3 is 0 Å². The summed E-state index contributed by atoms with van der Waals surface area (Å²) < 4.78 is 10.7. The molecule has 2 aromatic rings. The van der Waals surface area contributed by atoms with Crippen molar-refractivity contribution in [1.29, 1.82) is 5.26 Å². The number of ether oxygens (including phenoxy) is 2. The SMILES string of the molecule is CC(=O)O.CC(=O)O.COc1ccc(CC(=O)N2CCN(C(=Nc3ccccc3C)NC#N)CC2C(C)(C)C)cc1OC. The molecule has 1 amide bonds. The maximum absolute atomic E-state index is 13.5. The number of hydrogen-bond acceptors (Lipinski definition) is 7. The minimum Gasteiger partial charge on any atom is -0.493 e. The Morgan fingerprint density at radius 3 is 2.12 bits per heavy atom. The van der Waals surface area contributed by atoms with Gasteiger partial charge in [-0.2, -0.15) is 5.26 Å². The highest BCUT2D eigenvalue weighted by Gasteiger charge is 2.38. The van der Waals surface area contributed by atoms with Gasteiger partial charge < -0.3 is 29.5 Å². The van der Waals surface area contributed by atoms with Crippen LogP contribution < -0.4 is 14.8 Å². The average molecular weight is 598 g/mol. The molecule has 1 aliphatic rings. The zero-order valence-corrected chi connectivity index (χ0v) is 26.2. The van der Waals surface area contributed by atoms with Crippen molar-refractivity contribution < 1.29 is 34.1 Å². The summed E-state index contributed by atoms with van der Waals surface area (Å²) >= 11 is 0. The fourth-order valence-electron chi connectivity index (χ4n) is 4.31. The van der Waals surface area contributed by atoms with Crippen LogP contribution in [-0.2, 0) is 20.8 Å². The first-order valence-corrected chi connectivity index (χ1v) is 13.6. The van der Waals surface area contributed by atoms with E-state index in [2.05, 4.69) is 31.0 Å². The van der Waals surface area contributed by atoms with Gasteiger partial charge in [-0.15, -0.1) is 0 Å². The summed E-state index contributed by atoms with van der Waals surface area (Å²) in [6.07, 6.45) is 2.29. The lowest BCUT2D eigenvalue weighted by Gasteiger charge is -2.47. The molecule has 1 fully saturated rings. The Morgan fingerprint density at radius 2 is 1.60 bits per heavy atom. The number of para-hydroxylation sites is 1. The number of piperazine rings is 1. The standard InChI is InChI=1S/C27H35N5O3.2C2H4O2/c1-19-9-7-8-10-21(19)30-26(29-18-28)31-13-14-32(24(17-31)27(2,3)4)25(33)16-20-11-12-22(34-5)23(15-20)35-6;2*1-2(3)4/h7-12,15,24H,13-14,16-17H2,1-6H3,(H,29,30);2*1H3,(H,3,4). The number of carboxylic acid groups (broad SMARTS) is 2. The number of carboxylic acids is 2. The van der Waals surface area contributed by atoms with Crippen molar-refractivity contribution in [2.45, 2.75) is 54.0 Å². The first-order valence-electron chi connectivity index (χ1n) is 13.6. The van der Waals surface area contributed by atoms with E-state index >= 15 is 0 Å². The predicted molar refractivity (Wildman–Crippen MR) is 163 cm³/mol. The molecule has 1 unspecified atom stereocenters. The van der Waals surface area contributed by atoms with E-state index in [0.717, 1.165) is 30.7 Å². The third-order valence-electron chi connectivity index (χ3n) is 6.31. The van der Waals surface area contributed by atoms with Crippen LogP contribution in [0, 0.1) is 23.8 Å². The van der Waals surface area contributed by atoms with Crippen molar-refractivity contribution in [3.63, 3.8) is 0 Å². The quantitative estimate of drug-likeness (QED) is 0.198. The summed E-state index contributed by atoms with van der Waals surface area (Å²) in [6, 6.07) is 13.3. The number of carbonyl (C=O) groups excluding carboxylic acids is 1. The molecule has 43 heavy (non-hydrogen) atoms. The molecule has 0 spiro atoms. The molecule has 1 atom stereocenters. The summed E-state index contributed by atoms with van der Waals surface area (Å²) in [5.74, 6) is 0.135. The van der Waals surface area contributed by atoms with E-state index in [1.54, 1.807) is 14.2 Å². The number of nitrogens with one attached hydrogen (secondary N) is 1. The lowest BCUT2D eigenvalue weighted by molar-refractivity contribution is -0.138. The number of benzene rings is 2. The second-order valence-electron chi connectivity index (χ2n) is 10.8. The van der Waals surface area contributed by atoms with E-state index in [4.69, 9.17) is 34.3 Å². The number of aliphatic carboxylic acids is 2. The molecule has 1 aliphatic heterocycles. The van der Waals surface area contributed by atoms with E-state index in [-0.39, 0.29) is 23.8 Å². The number of amides is 1. The molecule has 3 rings (SSSR count). The van der Waals surface area contributed by atoms with Crippen molar-refractivity contribution in [1.82, 2.24) is 15.1 Å². The summed E-state index contributed by atoms with van der Waals surface area (Å²) in [5.41, 5.74) is 2.54. The van der Waals surface area contributed by atoms with Crippen molar-refractivity contribution in [2.75, 3.05) is 33.9 Å². The molecular formula is C31H43N5O7. The number of carbonyl (C=O) groups is 3. The van der Waals surface area contributed by atoms with Crippen LogP contribution in [-0.4, -0.2) is 83.7 Å². The Labute approximate surface area is 253 Å². The van der Waals surface area contributed by atoms with Crippen molar-refractivity contribution in [3.05, 3.63) is 53.6 Å². The lowest BCUT2D eigenvalue weighted by Crippen LogP contribution is -2.62. The van der Waals surface area contributed by atoms with E-state index in [1.807, 2.05) is 60.5 Å². The summed E-state index contributed by atoms with van der Waals surface area (Å²) in [7, 11) is 3.18. The van der Waals surface area contributed by atoms with Gasteiger partial charge in [0.15, 0.2) is 17.7 Å². The first-order chi connectivity index (χ1) is 20.1. The highest BCUT2D eigenvalue weighted by atomic mass is 16.5. The molecule has 12 nitrogen and oxygen atoms in total. The van der Waals surface area contributed by atoms with Crippen LogP contribution in [0.15, 0.2) is 47.5 Å². The highest BCUT2D eigenvalue weighted by Crippen LogP contribution is 2.31. The molecule has 2 aromatic carbocycles. The van der Waals surface area contributed by atoms with Crippen LogP contribution in [0.1, 0.15) is 45.7 Å². The highest BCUT2D eigenvalue weighted by molar-refractivity contribution is 5.85. The normalized spacial score (nSPS) is 14.6. The number of nitrogens with zero attached hydrogens (tertiary/aromatic N) is 4. The van der Waals surface area contributed by atoms with Gasteiger partial charge in [-0.25, -0.2) is 4.99 Å². The molecule has 0 bridgehead atoms. The second-order valence-corrected chi connectivity index (χ2v) is 10.8. The zero-order valence-electron chi connectivity index (χ0n) is 26.2. The smallest absolute Gasteiger partial charge is 0.300 e. The fourth-order valence-corrected chi connectivity index (χ4v) is 4.31. The van der Waals surface area contributed by atoms with Gasteiger partial charge in [0, 0.05) is 33.5 Å². The number of aliphatic imine (C=N–C) groups is 1. The van der Waals surface area contributed by atoms with Crippen LogP contribution in [0.4, 0.5) is 5.69 Å². The largest absolute Gasteiger partial charge is 0.493 e. The molecule has 234 valence electrons. The predicted octanol–water partition coefficient (Wildman–Crippen LogP) is 4.05. The summed E-state index contributed by atoms with van der Waals surface area (Å²) in [4.78, 5) is 40.2. The number of guanidine groups is 1. The number of aryl methyl sites for hydroxylation is 1. The van der Waals surface area contributed by atoms with Gasteiger partial charge in [0.25, 0.3) is 11.9 Å². The minimum absolute atomic E-state index is 0.0578. The Bertz CT molecular complexity index is 1290. The van der Waals surface area contributed by atoms with Gasteiger partial charge in [0.05, 0.1) is 32.4 Å². The van der Waals surface area contributed by atoms with Crippen molar-refractivity contribution in [3.8, 4) is 17.7 Å². The third-order valence-corrected chi connectivity index (χ3v) is 6.31. The maximum Gasteiger partial charge on any atom is 0.300 e. The fraction of sp³-hybridized carbons (Fsp3) is 0.452. The number of methoxy groups -OCH3 is 2. The van der Waals surface area contributed by atoms with Crippen LogP contribution in [0.5, 0.6) is 11.5 Å². The van der Waals surface area contributed by atoms with E-state index in [1.165, 1.54) is 0 Å². The first kappa shape index (κ1) is 36.2. The van der Waals surface area contributed by atoms with Crippen molar-refractivity contribution in [2.24, 2.45) is 10.4 Å². The summed E-state index contributed by atoms with van der Waals surface area (Å²) in [6.45, 7) is 12.2. The average Bonchev–Trinajstić information content (AvgIpc) is 2.92. The van der Waals surface area contributed by atoms with Gasteiger partial charge in [-0.1, -0.05) is 45.0 Å². The van der Waals surface area contributed by atoms with Gasteiger partial charge in [-0.05, 0) is 41.7 Å². The number of hydrogen-bond donors (Lipinski definition) is 3. The Hall–Kier alpha value is -4.79. The monoisotopic (exact) mass is 597 g/mol. The van der Waals surface area contributed by atoms with Gasteiger partial charge in [0.1, 0.15) is 0 Å². The molecule has 0 radical (unpaired) electrons. The lowest BCUT2D eigenvalue weighted by atomic mass is 9.84. The van der Waals surface area contributed by atoms with E-state index in [9.17, 15) is 10.1 Å². The molecule has 12 heteroatoms. The maximum atomic E-state index is 13.5. The molecule has 0 saturated carbocycles. The van der Waals surface area contributed by atoms with Gasteiger partial charge in [-0.3, -0.25) is 19.7 Å².